The summed E-state index contributed by atoms with van der Waals surface area (Å²) in [7, 11) is 0. The van der Waals surface area contributed by atoms with E-state index in [2.05, 4.69) is 21.2 Å². The molecular weight excluding hydrogens is 334 g/mol. The van der Waals surface area contributed by atoms with E-state index in [1.807, 2.05) is 25.1 Å². The third-order valence-electron chi connectivity index (χ3n) is 4.19. The fraction of sp³-hybridized carbons (Fsp3) is 0.500. The first-order valence-electron chi connectivity index (χ1n) is 7.18. The highest BCUT2D eigenvalue weighted by Crippen LogP contribution is 2.44. The lowest BCUT2D eigenvalue weighted by molar-refractivity contribution is -0.140. The Morgan fingerprint density at radius 3 is 2.52 bits per heavy atom. The van der Waals surface area contributed by atoms with Crippen LogP contribution in [0.25, 0.3) is 0 Å². The predicted molar refractivity (Wildman–Crippen MR) is 85.3 cm³/mol. The third-order valence-corrected chi connectivity index (χ3v) is 4.68. The van der Waals surface area contributed by atoms with E-state index in [0.29, 0.717) is 0 Å². The van der Waals surface area contributed by atoms with Gasteiger partial charge in [0.05, 0.1) is 6.42 Å². The summed E-state index contributed by atoms with van der Waals surface area (Å²) in [5.74, 6) is -0.909. The highest BCUT2D eigenvalue weighted by Gasteiger charge is 2.38. The van der Waals surface area contributed by atoms with Crippen molar-refractivity contribution in [3.05, 3.63) is 28.2 Å². The molecule has 0 unspecified atom stereocenters. The van der Waals surface area contributed by atoms with Crippen molar-refractivity contribution in [2.24, 2.45) is 5.41 Å². The highest BCUT2D eigenvalue weighted by molar-refractivity contribution is 9.10. The molecule has 0 radical (unpaired) electrons. The number of anilines is 1. The van der Waals surface area contributed by atoms with E-state index < -0.39 is 5.97 Å². The van der Waals surface area contributed by atoms with Crippen molar-refractivity contribution in [3.8, 4) is 0 Å². The van der Waals surface area contributed by atoms with Gasteiger partial charge in [-0.3, -0.25) is 9.59 Å². The largest absolute Gasteiger partial charge is 0.481 e. The standard InChI is InChI=1S/C16H20BrNO3/c1-11-8-12(17)4-5-13(11)18-14(19)9-16(10-15(20)21)6-2-3-7-16/h4-5,8H,2-3,6-7,9-10H2,1H3,(H,18,19)(H,20,21). The smallest absolute Gasteiger partial charge is 0.303 e. The zero-order valence-corrected chi connectivity index (χ0v) is 13.7. The van der Waals surface area contributed by atoms with Gasteiger partial charge < -0.3 is 10.4 Å². The van der Waals surface area contributed by atoms with Gasteiger partial charge in [0.2, 0.25) is 5.91 Å². The van der Waals surface area contributed by atoms with Crippen LogP contribution in [0.3, 0.4) is 0 Å². The Kier molecular flexibility index (Phi) is 5.04. The minimum Gasteiger partial charge on any atom is -0.481 e. The van der Waals surface area contributed by atoms with Crippen LogP contribution in [0.1, 0.15) is 44.1 Å². The summed E-state index contributed by atoms with van der Waals surface area (Å²) in [6.45, 7) is 1.93. The first-order valence-corrected chi connectivity index (χ1v) is 7.97. The van der Waals surface area contributed by atoms with E-state index in [0.717, 1.165) is 41.4 Å². The Hall–Kier alpha value is -1.36. The number of carboxylic acids is 1. The number of carboxylic acid groups (broad SMARTS) is 1. The van der Waals surface area contributed by atoms with Gasteiger partial charge in [-0.15, -0.1) is 0 Å². The van der Waals surface area contributed by atoms with Crippen molar-refractivity contribution < 1.29 is 14.7 Å². The Morgan fingerprint density at radius 2 is 1.95 bits per heavy atom. The van der Waals surface area contributed by atoms with Crippen LogP contribution in [0, 0.1) is 12.3 Å². The van der Waals surface area contributed by atoms with Crippen LogP contribution in [0.5, 0.6) is 0 Å². The Balaban J connectivity index is 2.04. The molecule has 5 heteroatoms. The van der Waals surface area contributed by atoms with Gasteiger partial charge >= 0.3 is 5.97 Å². The van der Waals surface area contributed by atoms with Gasteiger partial charge in [0.1, 0.15) is 0 Å². The maximum absolute atomic E-state index is 12.3. The maximum Gasteiger partial charge on any atom is 0.303 e. The molecule has 1 aromatic rings. The SMILES string of the molecule is Cc1cc(Br)ccc1NC(=O)CC1(CC(=O)O)CCCC1. The fourth-order valence-corrected chi connectivity index (χ4v) is 3.64. The van der Waals surface area contributed by atoms with Crippen molar-refractivity contribution in [1.29, 1.82) is 0 Å². The Bertz CT molecular complexity index is 550. The molecule has 1 saturated carbocycles. The zero-order chi connectivity index (χ0) is 15.5. The molecule has 0 heterocycles. The molecule has 1 fully saturated rings. The van der Waals surface area contributed by atoms with E-state index in [1.54, 1.807) is 0 Å². The topological polar surface area (TPSA) is 66.4 Å². The Labute approximate surface area is 133 Å². The van der Waals surface area contributed by atoms with E-state index in [-0.39, 0.29) is 24.2 Å². The summed E-state index contributed by atoms with van der Waals surface area (Å²) in [6.07, 6.45) is 4.04. The molecule has 4 nitrogen and oxygen atoms in total. The van der Waals surface area contributed by atoms with Crippen LogP contribution in [-0.4, -0.2) is 17.0 Å². The van der Waals surface area contributed by atoms with Crippen LogP contribution in [0.4, 0.5) is 5.69 Å². The number of rotatable bonds is 5. The summed E-state index contributed by atoms with van der Waals surface area (Å²) < 4.78 is 0.969. The molecule has 114 valence electrons. The highest BCUT2D eigenvalue weighted by atomic mass is 79.9. The van der Waals surface area contributed by atoms with Gasteiger partial charge in [-0.1, -0.05) is 28.8 Å². The summed E-state index contributed by atoms with van der Waals surface area (Å²) in [4.78, 5) is 23.3. The number of aryl methyl sites for hydroxylation is 1. The van der Waals surface area contributed by atoms with Gasteiger partial charge in [-0.05, 0) is 48.9 Å². The van der Waals surface area contributed by atoms with Crippen molar-refractivity contribution in [3.63, 3.8) is 0 Å². The monoisotopic (exact) mass is 353 g/mol. The van der Waals surface area contributed by atoms with Crippen molar-refractivity contribution in [2.45, 2.75) is 45.4 Å². The average Bonchev–Trinajstić information content (AvgIpc) is 2.80. The molecule has 2 rings (SSSR count). The lowest BCUT2D eigenvalue weighted by Crippen LogP contribution is -2.27. The number of carbonyl (C=O) groups excluding carboxylic acids is 1. The average molecular weight is 354 g/mol. The summed E-state index contributed by atoms with van der Waals surface area (Å²) in [6, 6.07) is 5.68. The number of nitrogens with one attached hydrogen (secondary N) is 1. The minimum atomic E-state index is -0.815. The molecule has 1 aliphatic rings. The molecule has 0 bridgehead atoms. The molecule has 1 aliphatic carbocycles. The number of amides is 1. The van der Waals surface area contributed by atoms with Crippen molar-refractivity contribution in [1.82, 2.24) is 0 Å². The number of halogens is 1. The molecule has 0 spiro atoms. The predicted octanol–water partition coefficient (Wildman–Crippen LogP) is 4.12. The fourth-order valence-electron chi connectivity index (χ4n) is 3.16. The van der Waals surface area contributed by atoms with Gasteiger partial charge in [0, 0.05) is 16.6 Å². The lowest BCUT2D eigenvalue weighted by Gasteiger charge is -2.26. The molecule has 0 saturated heterocycles. The molecule has 0 atom stereocenters. The first kappa shape index (κ1) is 16.0. The molecule has 0 aromatic heterocycles. The van der Waals surface area contributed by atoms with E-state index in [4.69, 9.17) is 5.11 Å². The quantitative estimate of drug-likeness (QED) is 0.836. The van der Waals surface area contributed by atoms with Crippen molar-refractivity contribution in [2.75, 3.05) is 5.32 Å². The maximum atomic E-state index is 12.3. The number of aliphatic carboxylic acids is 1. The Morgan fingerprint density at radius 1 is 1.29 bits per heavy atom. The molecule has 0 aliphatic heterocycles. The second-order valence-electron chi connectivity index (χ2n) is 5.96. The van der Waals surface area contributed by atoms with Crippen LogP contribution in [0.2, 0.25) is 0 Å². The summed E-state index contributed by atoms with van der Waals surface area (Å²) >= 11 is 3.39. The lowest BCUT2D eigenvalue weighted by atomic mass is 9.79. The molecule has 2 N–H and O–H groups in total. The summed E-state index contributed by atoms with van der Waals surface area (Å²) in [5, 5.41) is 12.0. The minimum absolute atomic E-state index is 0.0831. The van der Waals surface area contributed by atoms with E-state index in [9.17, 15) is 9.59 Å². The number of hydrogen-bond donors (Lipinski definition) is 2. The van der Waals surface area contributed by atoms with Crippen LogP contribution in [-0.2, 0) is 9.59 Å². The van der Waals surface area contributed by atoms with Gasteiger partial charge in [0.25, 0.3) is 0 Å². The zero-order valence-electron chi connectivity index (χ0n) is 12.1. The van der Waals surface area contributed by atoms with Crippen molar-refractivity contribution >= 4 is 33.5 Å². The molecule has 1 amide bonds. The van der Waals surface area contributed by atoms with Crippen LogP contribution in [0.15, 0.2) is 22.7 Å². The molecule has 21 heavy (non-hydrogen) atoms. The third kappa shape index (κ3) is 4.30. The summed E-state index contributed by atoms with van der Waals surface area (Å²) in [5.41, 5.74) is 1.40. The first-order chi connectivity index (χ1) is 9.90. The second-order valence-corrected chi connectivity index (χ2v) is 6.88. The van der Waals surface area contributed by atoms with Gasteiger partial charge in [-0.2, -0.15) is 0 Å². The van der Waals surface area contributed by atoms with Gasteiger partial charge in [0.15, 0.2) is 0 Å². The molecule has 1 aromatic carbocycles. The number of hydrogen-bond acceptors (Lipinski definition) is 2. The van der Waals surface area contributed by atoms with Crippen LogP contribution >= 0.6 is 15.9 Å². The van der Waals surface area contributed by atoms with E-state index >= 15 is 0 Å². The number of carbonyl (C=O) groups is 2. The second kappa shape index (κ2) is 6.60. The number of benzene rings is 1. The normalized spacial score (nSPS) is 16.7. The van der Waals surface area contributed by atoms with E-state index in [1.165, 1.54) is 0 Å². The van der Waals surface area contributed by atoms with Gasteiger partial charge in [-0.25, -0.2) is 0 Å². The molecular formula is C16H20BrNO3. The van der Waals surface area contributed by atoms with Crippen LogP contribution < -0.4 is 5.32 Å².